The van der Waals surface area contributed by atoms with Crippen molar-refractivity contribution in [1.29, 1.82) is 0 Å². The summed E-state index contributed by atoms with van der Waals surface area (Å²) in [6, 6.07) is -2.87. The van der Waals surface area contributed by atoms with E-state index < -0.39 is 59.0 Å². The highest BCUT2D eigenvalue weighted by Crippen LogP contribution is 2.65. The maximum absolute atomic E-state index is 14.3. The Kier molecular flexibility index (Phi) is 12.2. The summed E-state index contributed by atoms with van der Waals surface area (Å²) >= 11 is 0. The largest absolute Gasteiger partial charge is 0.459 e. The van der Waals surface area contributed by atoms with Gasteiger partial charge in [-0.3, -0.25) is 24.0 Å². The summed E-state index contributed by atoms with van der Waals surface area (Å²) in [6.45, 7) is 15.3. The second-order valence-corrected chi connectivity index (χ2v) is 16.3. The molecule has 1 aliphatic heterocycles. The van der Waals surface area contributed by atoms with Crippen LogP contribution in [0.4, 0.5) is 4.79 Å². The van der Waals surface area contributed by atoms with Gasteiger partial charge in [0.05, 0.1) is 12.5 Å². The van der Waals surface area contributed by atoms with Gasteiger partial charge in [0.2, 0.25) is 17.6 Å². The Morgan fingerprint density at radius 3 is 2.22 bits per heavy atom. The summed E-state index contributed by atoms with van der Waals surface area (Å²) in [6.07, 6.45) is 9.49. The molecule has 4 amide bonds. The van der Waals surface area contributed by atoms with Crippen LogP contribution in [0.3, 0.4) is 0 Å². The van der Waals surface area contributed by atoms with E-state index in [1.165, 1.54) is 0 Å². The second kappa shape index (κ2) is 15.6. The van der Waals surface area contributed by atoms with Crippen LogP contribution in [0.5, 0.6) is 0 Å². The zero-order valence-electron chi connectivity index (χ0n) is 30.4. The molecule has 274 valence electrons. The number of nitrogens with one attached hydrogen (secondary N) is 3. The van der Waals surface area contributed by atoms with Gasteiger partial charge in [0.15, 0.2) is 0 Å². The van der Waals surface area contributed by atoms with Crippen LogP contribution in [0.25, 0.3) is 0 Å². The van der Waals surface area contributed by atoms with Crippen molar-refractivity contribution >= 4 is 35.6 Å². The number of carbonyl (C=O) groups excluding carboxylic acids is 6. The summed E-state index contributed by atoms with van der Waals surface area (Å²) in [5.74, 6) is -3.15. The Morgan fingerprint density at radius 1 is 0.959 bits per heavy atom. The Hall–Kier alpha value is -3.44. The van der Waals surface area contributed by atoms with Gasteiger partial charge >= 0.3 is 12.1 Å². The van der Waals surface area contributed by atoms with Crippen LogP contribution < -0.4 is 16.0 Å². The zero-order valence-corrected chi connectivity index (χ0v) is 30.4. The number of likely N-dealkylation sites (tertiary alicyclic amines) is 1. The lowest BCUT2D eigenvalue weighted by atomic mass is 9.83. The third-order valence-corrected chi connectivity index (χ3v) is 11.0. The standard InChI is InChI=1S/C37H58N4O8/c1-8-9-17-25(30(43)32(45)38-21-18-26(42)48-37(7)19-13-14-20-37)39-31(44)29-27-24(36(27,5)6)22-41(29)33(46)28(23-15-11-10-12-16-23)40-34(47)49-35(2,3)4/h8,23-25,27-29H,1,9-22H2,2-7H3,(H,38,45)(H,39,44)(H,40,47)/t24-,25-,27-,28-,29-/m0/s1. The highest BCUT2D eigenvalue weighted by Gasteiger charge is 2.69. The first-order chi connectivity index (χ1) is 23.0. The number of hydrogen-bond donors (Lipinski definition) is 3. The minimum atomic E-state index is -1.15. The Morgan fingerprint density at radius 2 is 1.61 bits per heavy atom. The van der Waals surface area contributed by atoms with Gasteiger partial charge in [0.1, 0.15) is 23.3 Å². The van der Waals surface area contributed by atoms with Crippen molar-refractivity contribution in [2.24, 2.45) is 23.2 Å². The van der Waals surface area contributed by atoms with E-state index in [4.69, 9.17) is 9.47 Å². The summed E-state index contributed by atoms with van der Waals surface area (Å²) in [5, 5.41) is 8.16. The molecule has 0 aromatic carbocycles. The monoisotopic (exact) mass is 686 g/mol. The highest BCUT2D eigenvalue weighted by molar-refractivity contribution is 6.38. The number of amides is 4. The van der Waals surface area contributed by atoms with Crippen LogP contribution in [0.2, 0.25) is 0 Å². The minimum absolute atomic E-state index is 0.0718. The van der Waals surface area contributed by atoms with Crippen LogP contribution in [0, 0.1) is 23.2 Å². The molecule has 1 saturated heterocycles. The molecule has 49 heavy (non-hydrogen) atoms. The molecule has 12 heteroatoms. The van der Waals surface area contributed by atoms with Crippen molar-refractivity contribution in [3.8, 4) is 0 Å². The molecule has 0 radical (unpaired) electrons. The molecule has 4 aliphatic rings. The fraction of sp³-hybridized carbons (Fsp3) is 0.784. The van der Waals surface area contributed by atoms with Crippen molar-refractivity contribution in [2.75, 3.05) is 13.1 Å². The van der Waals surface area contributed by atoms with E-state index in [1.807, 2.05) is 6.92 Å². The second-order valence-electron chi connectivity index (χ2n) is 16.3. The van der Waals surface area contributed by atoms with Crippen LogP contribution in [-0.4, -0.2) is 82.9 Å². The van der Waals surface area contributed by atoms with Gasteiger partial charge in [0.25, 0.3) is 5.91 Å². The molecule has 3 saturated carbocycles. The lowest BCUT2D eigenvalue weighted by Crippen LogP contribution is -2.59. The number of allylic oxidation sites excluding steroid dienone is 1. The third kappa shape index (κ3) is 9.63. The number of nitrogens with zero attached hydrogens (tertiary/aromatic N) is 1. The molecule has 0 unspecified atom stereocenters. The number of fused-ring (bicyclic) bond motifs is 1. The number of ether oxygens (including phenoxy) is 2. The van der Waals surface area contributed by atoms with Gasteiger partial charge in [-0.05, 0) is 102 Å². The van der Waals surface area contributed by atoms with Gasteiger partial charge < -0.3 is 30.3 Å². The number of ketones is 1. The first-order valence-corrected chi connectivity index (χ1v) is 18.2. The van der Waals surface area contributed by atoms with Gasteiger partial charge in [-0.2, -0.15) is 0 Å². The predicted octanol–water partition coefficient (Wildman–Crippen LogP) is 4.35. The number of hydrogen-bond acceptors (Lipinski definition) is 8. The number of rotatable bonds is 14. The molecule has 5 atom stereocenters. The van der Waals surface area contributed by atoms with E-state index in [-0.39, 0.29) is 48.5 Å². The SMILES string of the molecule is C=CCC[C@H](NC(=O)[C@@H]1[C@@H]2[C@H](CN1C(=O)[C@@H](NC(=O)OC(C)(C)C)C1CCCCC1)C2(C)C)C(=O)C(=O)NCCC(=O)OC1(C)CCCC1. The quantitative estimate of drug-likeness (QED) is 0.138. The molecule has 3 aliphatic carbocycles. The van der Waals surface area contributed by atoms with Crippen LogP contribution in [-0.2, 0) is 33.4 Å². The van der Waals surface area contributed by atoms with Gasteiger partial charge in [-0.1, -0.05) is 39.2 Å². The molecular formula is C37H58N4O8. The van der Waals surface area contributed by atoms with E-state index in [2.05, 4.69) is 36.4 Å². The van der Waals surface area contributed by atoms with Gasteiger partial charge in [-0.15, -0.1) is 6.58 Å². The van der Waals surface area contributed by atoms with Crippen LogP contribution >= 0.6 is 0 Å². The maximum atomic E-state index is 14.3. The van der Waals surface area contributed by atoms with E-state index in [0.29, 0.717) is 13.0 Å². The first-order valence-electron chi connectivity index (χ1n) is 18.2. The first kappa shape index (κ1) is 38.4. The Labute approximate surface area is 291 Å². The molecular weight excluding hydrogens is 628 g/mol. The lowest BCUT2D eigenvalue weighted by Gasteiger charge is -2.37. The lowest BCUT2D eigenvalue weighted by molar-refractivity contribution is -0.157. The summed E-state index contributed by atoms with van der Waals surface area (Å²) < 4.78 is 11.1. The molecule has 3 N–H and O–H groups in total. The molecule has 12 nitrogen and oxygen atoms in total. The Balaban J connectivity index is 1.45. The van der Waals surface area contributed by atoms with E-state index in [0.717, 1.165) is 57.8 Å². The van der Waals surface area contributed by atoms with Gasteiger partial charge in [-0.25, -0.2) is 4.79 Å². The molecule has 0 aromatic heterocycles. The fourth-order valence-electron chi connectivity index (χ4n) is 8.16. The van der Waals surface area contributed by atoms with Crippen molar-refractivity contribution in [2.45, 2.75) is 148 Å². The topological polar surface area (TPSA) is 160 Å². The molecule has 0 spiro atoms. The van der Waals surface area contributed by atoms with Crippen molar-refractivity contribution in [3.05, 3.63) is 12.7 Å². The van der Waals surface area contributed by atoms with Crippen molar-refractivity contribution in [3.63, 3.8) is 0 Å². The minimum Gasteiger partial charge on any atom is -0.459 e. The van der Waals surface area contributed by atoms with E-state index >= 15 is 0 Å². The molecule has 1 heterocycles. The number of carbonyl (C=O) groups is 6. The third-order valence-electron chi connectivity index (χ3n) is 11.0. The molecule has 0 aromatic rings. The van der Waals surface area contributed by atoms with Crippen LogP contribution in [0.15, 0.2) is 12.7 Å². The fourth-order valence-corrected chi connectivity index (χ4v) is 8.16. The highest BCUT2D eigenvalue weighted by atomic mass is 16.6. The maximum Gasteiger partial charge on any atom is 0.408 e. The number of esters is 1. The average Bonchev–Trinajstić information content (AvgIpc) is 3.37. The summed E-state index contributed by atoms with van der Waals surface area (Å²) in [7, 11) is 0. The van der Waals surface area contributed by atoms with Gasteiger partial charge in [0, 0.05) is 13.1 Å². The predicted molar refractivity (Wildman–Crippen MR) is 183 cm³/mol. The Bertz CT molecular complexity index is 1280. The number of alkyl carbamates (subject to hydrolysis) is 1. The molecule has 4 rings (SSSR count). The smallest absolute Gasteiger partial charge is 0.408 e. The normalized spacial score (nSPS) is 25.3. The van der Waals surface area contributed by atoms with Crippen molar-refractivity contribution < 1.29 is 38.2 Å². The average molecular weight is 687 g/mol. The molecule has 4 fully saturated rings. The summed E-state index contributed by atoms with van der Waals surface area (Å²) in [4.78, 5) is 81.6. The zero-order chi connectivity index (χ0) is 36.1. The number of piperidine rings is 1. The summed E-state index contributed by atoms with van der Waals surface area (Å²) in [5.41, 5.74) is -1.42. The van der Waals surface area contributed by atoms with Crippen molar-refractivity contribution in [1.82, 2.24) is 20.9 Å². The van der Waals surface area contributed by atoms with E-state index in [1.54, 1.807) is 31.7 Å². The molecule has 0 bridgehead atoms. The van der Waals surface area contributed by atoms with Crippen LogP contribution in [0.1, 0.15) is 119 Å². The van der Waals surface area contributed by atoms with E-state index in [9.17, 15) is 28.8 Å². The number of Topliss-reactive ketones (excluding diaryl/α,β-unsaturated/α-hetero) is 1.